The summed E-state index contributed by atoms with van der Waals surface area (Å²) in [5.41, 5.74) is -0.147. The second-order valence-corrected chi connectivity index (χ2v) is 5.50. The highest BCUT2D eigenvalue weighted by molar-refractivity contribution is 8.14. The van der Waals surface area contributed by atoms with Crippen LogP contribution in [0.3, 0.4) is 0 Å². The second-order valence-electron chi connectivity index (χ2n) is 4.41. The molecule has 0 aromatic carbocycles. The lowest BCUT2D eigenvalue weighted by Gasteiger charge is -2.30. The van der Waals surface area contributed by atoms with E-state index in [4.69, 9.17) is 9.47 Å². The molecular formula is C11H16F2N2O3S. The van der Waals surface area contributed by atoms with Crippen molar-refractivity contribution >= 4 is 22.9 Å². The third kappa shape index (κ3) is 4.31. The van der Waals surface area contributed by atoms with Crippen LogP contribution in [0.1, 0.15) is 19.8 Å². The zero-order chi connectivity index (χ0) is 13.8. The normalized spacial score (nSPS) is 32.2. The van der Waals surface area contributed by atoms with Crippen LogP contribution in [-0.4, -0.2) is 48.3 Å². The highest BCUT2D eigenvalue weighted by Gasteiger charge is 2.38. The van der Waals surface area contributed by atoms with Crippen LogP contribution in [0.4, 0.5) is 8.78 Å². The molecule has 8 heteroatoms. The zero-order valence-corrected chi connectivity index (χ0v) is 11.3. The molecule has 19 heavy (non-hydrogen) atoms. The molecular weight excluding hydrogens is 278 g/mol. The Morgan fingerprint density at radius 1 is 1.63 bits per heavy atom. The summed E-state index contributed by atoms with van der Waals surface area (Å²) in [7, 11) is 0. The standard InChI is InChI=1S/C11H16F2N2O3S/c1-6(16)17-5-7-2-3-8-10(18-7)19-11(15-8)14-4-9(12)13/h7-10H,2-5H2,1H3,(H,14,15)/t7-,8?,10?/m1/s1. The monoisotopic (exact) mass is 294 g/mol. The van der Waals surface area contributed by atoms with Gasteiger partial charge in [0.25, 0.3) is 6.43 Å². The minimum absolute atomic E-state index is 0.0926. The van der Waals surface area contributed by atoms with Gasteiger partial charge in [-0.2, -0.15) is 0 Å². The van der Waals surface area contributed by atoms with Crippen molar-refractivity contribution in [3.63, 3.8) is 0 Å². The SMILES string of the molecule is CC(=O)OC[C@H]1CCC2NC(=NCC(F)F)SC2O1. The summed E-state index contributed by atoms with van der Waals surface area (Å²) in [6.45, 7) is 1.10. The summed E-state index contributed by atoms with van der Waals surface area (Å²) in [6.07, 6.45) is -0.953. The number of ether oxygens (including phenoxy) is 2. The van der Waals surface area contributed by atoms with Crippen LogP contribution in [0, 0.1) is 0 Å². The summed E-state index contributed by atoms with van der Waals surface area (Å²) in [4.78, 5) is 14.5. The average Bonchev–Trinajstić information content (AvgIpc) is 2.75. The van der Waals surface area contributed by atoms with Crippen molar-refractivity contribution in [1.29, 1.82) is 0 Å². The van der Waals surface area contributed by atoms with E-state index in [9.17, 15) is 13.6 Å². The van der Waals surface area contributed by atoms with Gasteiger partial charge in [-0.1, -0.05) is 11.8 Å². The van der Waals surface area contributed by atoms with E-state index in [1.165, 1.54) is 18.7 Å². The molecule has 0 spiro atoms. The molecule has 2 saturated heterocycles. The number of esters is 1. The molecule has 108 valence electrons. The van der Waals surface area contributed by atoms with Crippen molar-refractivity contribution in [3.8, 4) is 0 Å². The van der Waals surface area contributed by atoms with E-state index in [-0.39, 0.29) is 30.2 Å². The number of carbonyl (C=O) groups excluding carboxylic acids is 1. The van der Waals surface area contributed by atoms with Gasteiger partial charge in [0.05, 0.1) is 12.1 Å². The Morgan fingerprint density at radius 3 is 3.11 bits per heavy atom. The Hall–Kier alpha value is -0.890. The van der Waals surface area contributed by atoms with Gasteiger partial charge in [0.1, 0.15) is 18.6 Å². The van der Waals surface area contributed by atoms with Gasteiger partial charge in [-0.3, -0.25) is 9.79 Å². The fourth-order valence-corrected chi connectivity index (χ4v) is 3.14. The zero-order valence-electron chi connectivity index (χ0n) is 10.5. The second kappa shape index (κ2) is 6.51. The number of nitrogens with one attached hydrogen (secondary N) is 1. The number of hydrogen-bond acceptors (Lipinski definition) is 5. The highest BCUT2D eigenvalue weighted by atomic mass is 32.2. The molecule has 3 atom stereocenters. The Kier molecular flexibility index (Phi) is 4.98. The third-order valence-electron chi connectivity index (χ3n) is 2.84. The fourth-order valence-electron chi connectivity index (χ4n) is 1.97. The number of carbonyl (C=O) groups is 1. The number of fused-ring (bicyclic) bond motifs is 1. The van der Waals surface area contributed by atoms with Crippen molar-refractivity contribution in [1.82, 2.24) is 5.32 Å². The van der Waals surface area contributed by atoms with E-state index in [2.05, 4.69) is 10.3 Å². The summed E-state index contributed by atoms with van der Waals surface area (Å²) in [5, 5.41) is 3.58. The van der Waals surface area contributed by atoms with Crippen LogP contribution < -0.4 is 5.32 Å². The molecule has 2 aliphatic rings. The predicted octanol–water partition coefficient (Wildman–Crippen LogP) is 1.38. The molecule has 2 unspecified atom stereocenters. The number of halogens is 2. The number of aliphatic imine (C=N–C) groups is 1. The average molecular weight is 294 g/mol. The van der Waals surface area contributed by atoms with E-state index in [0.717, 1.165) is 12.8 Å². The lowest BCUT2D eigenvalue weighted by Crippen LogP contribution is -2.41. The maximum atomic E-state index is 12.1. The lowest BCUT2D eigenvalue weighted by molar-refractivity contribution is -0.147. The number of rotatable bonds is 4. The molecule has 0 amide bonds. The number of alkyl halides is 2. The summed E-state index contributed by atoms with van der Waals surface area (Å²) >= 11 is 1.32. The first-order valence-corrected chi connectivity index (χ1v) is 6.97. The minimum atomic E-state index is -2.44. The largest absolute Gasteiger partial charge is 0.463 e. The number of thioether (sulfide) groups is 1. The summed E-state index contributed by atoms with van der Waals surface area (Å²) < 4.78 is 34.8. The van der Waals surface area contributed by atoms with Crippen LogP contribution in [0.2, 0.25) is 0 Å². The first-order valence-electron chi connectivity index (χ1n) is 6.09. The molecule has 0 aliphatic carbocycles. The van der Waals surface area contributed by atoms with Gasteiger partial charge < -0.3 is 14.8 Å². The van der Waals surface area contributed by atoms with Gasteiger partial charge >= 0.3 is 5.97 Å². The highest BCUT2D eigenvalue weighted by Crippen LogP contribution is 2.33. The van der Waals surface area contributed by atoms with E-state index >= 15 is 0 Å². The molecule has 2 fully saturated rings. The predicted molar refractivity (Wildman–Crippen MR) is 67.3 cm³/mol. The molecule has 0 bridgehead atoms. The maximum absolute atomic E-state index is 12.1. The van der Waals surface area contributed by atoms with Gasteiger partial charge in [0, 0.05) is 6.92 Å². The number of amidine groups is 1. The smallest absolute Gasteiger partial charge is 0.302 e. The molecule has 2 heterocycles. The van der Waals surface area contributed by atoms with Crippen LogP contribution in [0.25, 0.3) is 0 Å². The van der Waals surface area contributed by atoms with Gasteiger partial charge in [-0.25, -0.2) is 8.78 Å². The topological polar surface area (TPSA) is 59.9 Å². The Bertz CT molecular complexity index is 368. The van der Waals surface area contributed by atoms with Crippen molar-refractivity contribution in [3.05, 3.63) is 0 Å². The molecule has 0 aromatic heterocycles. The molecule has 0 aromatic rings. The van der Waals surface area contributed by atoms with E-state index < -0.39 is 13.0 Å². The third-order valence-corrected chi connectivity index (χ3v) is 3.98. The van der Waals surface area contributed by atoms with Gasteiger partial charge in [-0.05, 0) is 12.8 Å². The van der Waals surface area contributed by atoms with E-state index in [1.54, 1.807) is 0 Å². The first kappa shape index (κ1) is 14.5. The van der Waals surface area contributed by atoms with Crippen molar-refractivity contribution in [2.75, 3.05) is 13.2 Å². The number of nitrogens with zero attached hydrogens (tertiary/aromatic N) is 1. The van der Waals surface area contributed by atoms with Crippen LogP contribution in [0.5, 0.6) is 0 Å². The Labute approximate surface area is 114 Å². The van der Waals surface area contributed by atoms with Crippen molar-refractivity contribution in [2.24, 2.45) is 4.99 Å². The van der Waals surface area contributed by atoms with E-state index in [0.29, 0.717) is 5.17 Å². The minimum Gasteiger partial charge on any atom is -0.463 e. The Balaban J connectivity index is 1.81. The molecule has 1 N–H and O–H groups in total. The van der Waals surface area contributed by atoms with Gasteiger partial charge in [0.15, 0.2) is 5.17 Å². The lowest BCUT2D eigenvalue weighted by atomic mass is 10.1. The maximum Gasteiger partial charge on any atom is 0.302 e. The molecule has 2 rings (SSSR count). The molecule has 2 aliphatic heterocycles. The van der Waals surface area contributed by atoms with Crippen molar-refractivity contribution in [2.45, 2.75) is 43.8 Å². The van der Waals surface area contributed by atoms with Crippen LogP contribution in [-0.2, 0) is 14.3 Å². The molecule has 5 nitrogen and oxygen atoms in total. The van der Waals surface area contributed by atoms with Gasteiger partial charge in [0.2, 0.25) is 0 Å². The molecule has 0 radical (unpaired) electrons. The summed E-state index contributed by atoms with van der Waals surface area (Å²) in [6, 6.07) is 0.0926. The van der Waals surface area contributed by atoms with E-state index in [1.807, 2.05) is 0 Å². The first-order chi connectivity index (χ1) is 9.04. The fraction of sp³-hybridized carbons (Fsp3) is 0.818. The Morgan fingerprint density at radius 2 is 2.42 bits per heavy atom. The summed E-state index contributed by atoms with van der Waals surface area (Å²) in [5.74, 6) is -0.331. The number of hydrogen-bond donors (Lipinski definition) is 1. The van der Waals surface area contributed by atoms with Crippen LogP contribution >= 0.6 is 11.8 Å². The van der Waals surface area contributed by atoms with Crippen molar-refractivity contribution < 1.29 is 23.0 Å². The molecule has 0 saturated carbocycles. The van der Waals surface area contributed by atoms with Crippen LogP contribution in [0.15, 0.2) is 4.99 Å². The quantitative estimate of drug-likeness (QED) is 0.794. The van der Waals surface area contributed by atoms with Gasteiger partial charge in [-0.15, -0.1) is 0 Å².